The van der Waals surface area contributed by atoms with Crippen LogP contribution in [0.2, 0.25) is 0 Å². The zero-order chi connectivity index (χ0) is 13.2. The summed E-state index contributed by atoms with van der Waals surface area (Å²) in [4.78, 5) is 6.61. The summed E-state index contributed by atoms with van der Waals surface area (Å²) in [6.45, 7) is 1.06. The maximum Gasteiger partial charge on any atom is 0.196 e. The number of nitrogens with zero attached hydrogens (tertiary/aromatic N) is 2. The van der Waals surface area contributed by atoms with E-state index in [9.17, 15) is 0 Å². The van der Waals surface area contributed by atoms with Gasteiger partial charge >= 0.3 is 0 Å². The van der Waals surface area contributed by atoms with Crippen LogP contribution >= 0.6 is 0 Å². The van der Waals surface area contributed by atoms with Gasteiger partial charge in [-0.1, -0.05) is 24.6 Å². The third kappa shape index (κ3) is 2.75. The van der Waals surface area contributed by atoms with E-state index in [2.05, 4.69) is 16.9 Å². The minimum atomic E-state index is 0.633. The molecule has 2 bridgehead atoms. The van der Waals surface area contributed by atoms with Crippen molar-refractivity contribution >= 4 is 11.6 Å². The Balaban J connectivity index is 1.61. The first-order valence-electron chi connectivity index (χ1n) is 7.32. The van der Waals surface area contributed by atoms with Crippen LogP contribution in [0.3, 0.4) is 0 Å². The summed E-state index contributed by atoms with van der Waals surface area (Å²) in [7, 11) is 2.06. The molecule has 0 heterocycles. The normalized spacial score (nSPS) is 29.7. The van der Waals surface area contributed by atoms with Gasteiger partial charge in [0.2, 0.25) is 0 Å². The third-order valence-electron chi connectivity index (χ3n) is 4.78. The SMILES string of the molecule is CN(CC1CC2CCC1C2)C(N)=Nc1ccccc1. The molecule has 3 heteroatoms. The Morgan fingerprint density at radius 1 is 1.26 bits per heavy atom. The molecule has 2 N–H and O–H groups in total. The first-order chi connectivity index (χ1) is 9.22. The van der Waals surface area contributed by atoms with Gasteiger partial charge in [-0.15, -0.1) is 0 Å². The maximum atomic E-state index is 6.10. The van der Waals surface area contributed by atoms with Gasteiger partial charge in [0.15, 0.2) is 5.96 Å². The summed E-state index contributed by atoms with van der Waals surface area (Å²) < 4.78 is 0. The monoisotopic (exact) mass is 257 g/mol. The van der Waals surface area contributed by atoms with Gasteiger partial charge in [0, 0.05) is 13.6 Å². The summed E-state index contributed by atoms with van der Waals surface area (Å²) >= 11 is 0. The van der Waals surface area contributed by atoms with Gasteiger partial charge in [0.05, 0.1) is 5.69 Å². The number of para-hydroxylation sites is 1. The molecule has 3 atom stereocenters. The minimum absolute atomic E-state index is 0.633. The molecule has 1 aromatic carbocycles. The van der Waals surface area contributed by atoms with Gasteiger partial charge in [-0.3, -0.25) is 0 Å². The lowest BCUT2D eigenvalue weighted by Gasteiger charge is -2.27. The van der Waals surface area contributed by atoms with Crippen molar-refractivity contribution in [3.63, 3.8) is 0 Å². The number of benzene rings is 1. The van der Waals surface area contributed by atoms with Crippen LogP contribution in [-0.2, 0) is 0 Å². The van der Waals surface area contributed by atoms with Gasteiger partial charge in [0.25, 0.3) is 0 Å². The smallest absolute Gasteiger partial charge is 0.196 e. The number of aliphatic imine (C=N–C) groups is 1. The second kappa shape index (κ2) is 5.24. The number of rotatable bonds is 3. The first-order valence-corrected chi connectivity index (χ1v) is 7.32. The van der Waals surface area contributed by atoms with Crippen molar-refractivity contribution in [1.29, 1.82) is 0 Å². The largest absolute Gasteiger partial charge is 0.369 e. The fourth-order valence-electron chi connectivity index (χ4n) is 3.77. The van der Waals surface area contributed by atoms with Gasteiger partial charge < -0.3 is 10.6 Å². The van der Waals surface area contributed by atoms with Gasteiger partial charge in [-0.05, 0) is 49.1 Å². The minimum Gasteiger partial charge on any atom is -0.369 e. The molecule has 3 rings (SSSR count). The highest BCUT2D eigenvalue weighted by Gasteiger charge is 2.39. The van der Waals surface area contributed by atoms with Crippen LogP contribution < -0.4 is 5.73 Å². The third-order valence-corrected chi connectivity index (χ3v) is 4.78. The number of hydrogen-bond acceptors (Lipinski definition) is 1. The lowest BCUT2D eigenvalue weighted by Crippen LogP contribution is -2.38. The standard InChI is InChI=1S/C16H23N3/c1-19(11-14-10-12-7-8-13(14)9-12)16(17)18-15-5-3-2-4-6-15/h2-6,12-14H,7-11H2,1H3,(H2,17,18). The summed E-state index contributed by atoms with van der Waals surface area (Å²) in [5.41, 5.74) is 7.03. The first kappa shape index (κ1) is 12.5. The molecule has 2 saturated carbocycles. The van der Waals surface area contributed by atoms with E-state index < -0.39 is 0 Å². The molecule has 2 aliphatic rings. The number of fused-ring (bicyclic) bond motifs is 2. The van der Waals surface area contributed by atoms with Crippen molar-refractivity contribution in [3.8, 4) is 0 Å². The van der Waals surface area contributed by atoms with Crippen LogP contribution in [0.5, 0.6) is 0 Å². The molecule has 0 saturated heterocycles. The van der Waals surface area contributed by atoms with Crippen molar-refractivity contribution in [2.24, 2.45) is 28.5 Å². The second-order valence-corrected chi connectivity index (χ2v) is 6.12. The number of nitrogens with two attached hydrogens (primary N) is 1. The predicted octanol–water partition coefficient (Wildman–Crippen LogP) is 3.00. The van der Waals surface area contributed by atoms with Gasteiger partial charge in [0.1, 0.15) is 0 Å². The van der Waals surface area contributed by atoms with Crippen molar-refractivity contribution in [2.75, 3.05) is 13.6 Å². The highest BCUT2D eigenvalue weighted by molar-refractivity contribution is 5.80. The predicted molar refractivity (Wildman–Crippen MR) is 79.3 cm³/mol. The molecule has 0 radical (unpaired) electrons. The molecule has 102 valence electrons. The molecule has 1 aromatic rings. The quantitative estimate of drug-likeness (QED) is 0.668. The summed E-state index contributed by atoms with van der Waals surface area (Å²) in [5, 5.41) is 0. The van der Waals surface area contributed by atoms with Crippen LogP contribution in [0, 0.1) is 17.8 Å². The molecular weight excluding hydrogens is 234 g/mol. The molecule has 2 fully saturated rings. The zero-order valence-corrected chi connectivity index (χ0v) is 11.6. The van der Waals surface area contributed by atoms with E-state index in [4.69, 9.17) is 5.73 Å². The molecule has 2 aliphatic carbocycles. The van der Waals surface area contributed by atoms with Gasteiger partial charge in [-0.25, -0.2) is 4.99 Å². The Kier molecular flexibility index (Phi) is 3.45. The molecule has 19 heavy (non-hydrogen) atoms. The molecule has 0 aliphatic heterocycles. The topological polar surface area (TPSA) is 41.6 Å². The Morgan fingerprint density at radius 2 is 2.05 bits per heavy atom. The Bertz CT molecular complexity index is 454. The lowest BCUT2D eigenvalue weighted by molar-refractivity contribution is 0.275. The van der Waals surface area contributed by atoms with E-state index in [0.29, 0.717) is 5.96 Å². The molecule has 0 aromatic heterocycles. The fourth-order valence-corrected chi connectivity index (χ4v) is 3.77. The van der Waals surface area contributed by atoms with Crippen molar-refractivity contribution in [1.82, 2.24) is 4.90 Å². The highest BCUT2D eigenvalue weighted by Crippen LogP contribution is 2.48. The van der Waals surface area contributed by atoms with E-state index in [1.807, 2.05) is 30.3 Å². The fraction of sp³-hybridized carbons (Fsp3) is 0.562. The average molecular weight is 257 g/mol. The number of hydrogen-bond donors (Lipinski definition) is 1. The zero-order valence-electron chi connectivity index (χ0n) is 11.6. The van der Waals surface area contributed by atoms with Crippen molar-refractivity contribution in [2.45, 2.75) is 25.7 Å². The summed E-state index contributed by atoms with van der Waals surface area (Å²) in [5.74, 6) is 3.40. The Hall–Kier alpha value is -1.51. The molecule has 3 nitrogen and oxygen atoms in total. The second-order valence-electron chi connectivity index (χ2n) is 6.12. The lowest BCUT2D eigenvalue weighted by atomic mass is 9.88. The van der Waals surface area contributed by atoms with Crippen LogP contribution in [0.15, 0.2) is 35.3 Å². The number of guanidine groups is 1. The Morgan fingerprint density at radius 3 is 2.68 bits per heavy atom. The molecule has 0 amide bonds. The molecular formula is C16H23N3. The van der Waals surface area contributed by atoms with E-state index >= 15 is 0 Å². The van der Waals surface area contributed by atoms with E-state index in [0.717, 1.165) is 30.0 Å². The highest BCUT2D eigenvalue weighted by atomic mass is 15.2. The summed E-state index contributed by atoms with van der Waals surface area (Å²) in [6.07, 6.45) is 5.74. The van der Waals surface area contributed by atoms with Gasteiger partial charge in [-0.2, -0.15) is 0 Å². The van der Waals surface area contributed by atoms with Crippen molar-refractivity contribution < 1.29 is 0 Å². The van der Waals surface area contributed by atoms with Crippen molar-refractivity contribution in [3.05, 3.63) is 30.3 Å². The van der Waals surface area contributed by atoms with Crippen LogP contribution in [0.4, 0.5) is 5.69 Å². The molecule has 0 spiro atoms. The van der Waals surface area contributed by atoms with E-state index in [-0.39, 0.29) is 0 Å². The van der Waals surface area contributed by atoms with Crippen LogP contribution in [0.25, 0.3) is 0 Å². The van der Waals surface area contributed by atoms with Crippen LogP contribution in [0.1, 0.15) is 25.7 Å². The average Bonchev–Trinajstić information content (AvgIpc) is 3.02. The molecule has 3 unspecified atom stereocenters. The van der Waals surface area contributed by atoms with E-state index in [1.165, 1.54) is 25.7 Å². The Labute approximate surface area is 115 Å². The van der Waals surface area contributed by atoms with E-state index in [1.54, 1.807) is 0 Å². The maximum absolute atomic E-state index is 6.10. The summed E-state index contributed by atoms with van der Waals surface area (Å²) in [6, 6.07) is 9.94. The van der Waals surface area contributed by atoms with Crippen LogP contribution in [-0.4, -0.2) is 24.5 Å².